The van der Waals surface area contributed by atoms with Crippen molar-refractivity contribution >= 4 is 11.8 Å². The van der Waals surface area contributed by atoms with Gasteiger partial charge in [0.05, 0.1) is 0 Å². The quantitative estimate of drug-likeness (QED) is 0.831. The van der Waals surface area contributed by atoms with Gasteiger partial charge in [-0.25, -0.2) is 0 Å². The number of hydrogen-bond acceptors (Lipinski definition) is 3. The first-order chi connectivity index (χ1) is 8.83. The SMILES string of the molecule is CSc1ccc(Oc2ccccc2CCN)cc1. The molecule has 2 nitrogen and oxygen atoms in total. The second-order valence-electron chi connectivity index (χ2n) is 3.92. The second kappa shape index (κ2) is 6.47. The van der Waals surface area contributed by atoms with Crippen LogP contribution >= 0.6 is 11.8 Å². The average Bonchev–Trinajstić information content (AvgIpc) is 2.42. The van der Waals surface area contributed by atoms with E-state index >= 15 is 0 Å². The average molecular weight is 259 g/mol. The van der Waals surface area contributed by atoms with Gasteiger partial charge in [-0.3, -0.25) is 0 Å². The van der Waals surface area contributed by atoms with E-state index in [4.69, 9.17) is 10.5 Å². The lowest BCUT2D eigenvalue weighted by atomic mass is 10.1. The monoisotopic (exact) mass is 259 g/mol. The van der Waals surface area contributed by atoms with E-state index in [2.05, 4.69) is 24.5 Å². The third kappa shape index (κ3) is 3.28. The Morgan fingerprint density at radius 2 is 1.78 bits per heavy atom. The van der Waals surface area contributed by atoms with Gasteiger partial charge in [0, 0.05) is 4.90 Å². The highest BCUT2D eigenvalue weighted by Gasteiger charge is 2.03. The third-order valence-corrected chi connectivity index (χ3v) is 3.42. The summed E-state index contributed by atoms with van der Waals surface area (Å²) in [6.45, 7) is 0.631. The summed E-state index contributed by atoms with van der Waals surface area (Å²) in [4.78, 5) is 1.23. The summed E-state index contributed by atoms with van der Waals surface area (Å²) in [7, 11) is 0. The van der Waals surface area contributed by atoms with Gasteiger partial charge >= 0.3 is 0 Å². The molecule has 0 radical (unpaired) electrons. The number of thioether (sulfide) groups is 1. The van der Waals surface area contributed by atoms with Crippen LogP contribution in [0.1, 0.15) is 5.56 Å². The van der Waals surface area contributed by atoms with Crippen LogP contribution in [-0.2, 0) is 6.42 Å². The van der Waals surface area contributed by atoms with E-state index in [0.29, 0.717) is 6.54 Å². The summed E-state index contributed by atoms with van der Waals surface area (Å²) in [6, 6.07) is 16.1. The van der Waals surface area contributed by atoms with Gasteiger partial charge in [-0.05, 0) is 55.1 Å². The molecule has 0 aromatic heterocycles. The Kier molecular flexibility index (Phi) is 4.67. The smallest absolute Gasteiger partial charge is 0.130 e. The fourth-order valence-corrected chi connectivity index (χ4v) is 2.14. The topological polar surface area (TPSA) is 35.2 Å². The fraction of sp³-hybridized carbons (Fsp3) is 0.200. The molecule has 0 aliphatic rings. The minimum atomic E-state index is 0.631. The minimum Gasteiger partial charge on any atom is -0.457 e. The summed E-state index contributed by atoms with van der Waals surface area (Å²) in [5.41, 5.74) is 6.75. The highest BCUT2D eigenvalue weighted by atomic mass is 32.2. The molecule has 94 valence electrons. The van der Waals surface area contributed by atoms with Crippen LogP contribution in [0.5, 0.6) is 11.5 Å². The molecule has 0 amide bonds. The maximum absolute atomic E-state index is 5.90. The number of rotatable bonds is 5. The van der Waals surface area contributed by atoms with Crippen molar-refractivity contribution in [2.75, 3.05) is 12.8 Å². The lowest BCUT2D eigenvalue weighted by Gasteiger charge is -2.10. The van der Waals surface area contributed by atoms with Crippen molar-refractivity contribution in [3.8, 4) is 11.5 Å². The van der Waals surface area contributed by atoms with E-state index in [1.54, 1.807) is 11.8 Å². The van der Waals surface area contributed by atoms with Crippen LogP contribution in [0.25, 0.3) is 0 Å². The molecule has 0 spiro atoms. The summed E-state index contributed by atoms with van der Waals surface area (Å²) in [6.07, 6.45) is 2.89. The summed E-state index contributed by atoms with van der Waals surface area (Å²) < 4.78 is 5.90. The maximum Gasteiger partial charge on any atom is 0.130 e. The molecule has 0 aliphatic heterocycles. The molecule has 3 heteroatoms. The van der Waals surface area contributed by atoms with Crippen LogP contribution in [0.15, 0.2) is 53.4 Å². The molecule has 0 atom stereocenters. The van der Waals surface area contributed by atoms with Gasteiger partial charge in [-0.15, -0.1) is 11.8 Å². The van der Waals surface area contributed by atoms with Crippen molar-refractivity contribution in [1.29, 1.82) is 0 Å². The molecule has 0 saturated carbocycles. The molecule has 2 aromatic rings. The van der Waals surface area contributed by atoms with Gasteiger partial charge in [-0.2, -0.15) is 0 Å². The van der Waals surface area contributed by atoms with E-state index in [-0.39, 0.29) is 0 Å². The van der Waals surface area contributed by atoms with E-state index in [9.17, 15) is 0 Å². The lowest BCUT2D eigenvalue weighted by molar-refractivity contribution is 0.476. The Balaban J connectivity index is 2.17. The first-order valence-corrected chi connectivity index (χ1v) is 7.16. The largest absolute Gasteiger partial charge is 0.457 e. The van der Waals surface area contributed by atoms with Crippen LogP contribution in [0, 0.1) is 0 Å². The molecule has 0 heterocycles. The van der Waals surface area contributed by atoms with E-state index in [1.807, 2.05) is 30.3 Å². The maximum atomic E-state index is 5.90. The first-order valence-electron chi connectivity index (χ1n) is 5.93. The molecule has 2 rings (SSSR count). The normalized spacial score (nSPS) is 10.3. The van der Waals surface area contributed by atoms with E-state index < -0.39 is 0 Å². The Bertz CT molecular complexity index is 496. The fourth-order valence-electron chi connectivity index (χ4n) is 1.74. The first kappa shape index (κ1) is 13.0. The van der Waals surface area contributed by atoms with E-state index in [1.165, 1.54) is 4.90 Å². The lowest BCUT2D eigenvalue weighted by Crippen LogP contribution is -2.03. The summed E-state index contributed by atoms with van der Waals surface area (Å²) in [5, 5.41) is 0. The molecule has 0 saturated heterocycles. The third-order valence-electron chi connectivity index (χ3n) is 2.67. The Morgan fingerprint density at radius 3 is 2.44 bits per heavy atom. The van der Waals surface area contributed by atoms with Crippen molar-refractivity contribution < 1.29 is 4.74 Å². The molecule has 2 N–H and O–H groups in total. The van der Waals surface area contributed by atoms with E-state index in [0.717, 1.165) is 23.5 Å². The summed E-state index contributed by atoms with van der Waals surface area (Å²) >= 11 is 1.72. The number of ether oxygens (including phenoxy) is 1. The molecule has 18 heavy (non-hydrogen) atoms. The van der Waals surface area contributed by atoms with Gasteiger partial charge < -0.3 is 10.5 Å². The van der Waals surface area contributed by atoms with Gasteiger partial charge in [0.25, 0.3) is 0 Å². The van der Waals surface area contributed by atoms with Crippen molar-refractivity contribution in [3.63, 3.8) is 0 Å². The predicted octanol–water partition coefficient (Wildman–Crippen LogP) is 3.70. The summed E-state index contributed by atoms with van der Waals surface area (Å²) in [5.74, 6) is 1.75. The van der Waals surface area contributed by atoms with Crippen molar-refractivity contribution in [2.24, 2.45) is 5.73 Å². The molecule has 0 unspecified atom stereocenters. The zero-order valence-electron chi connectivity index (χ0n) is 10.4. The van der Waals surface area contributed by atoms with Crippen LogP contribution in [0.2, 0.25) is 0 Å². The zero-order chi connectivity index (χ0) is 12.8. The molecule has 0 bridgehead atoms. The second-order valence-corrected chi connectivity index (χ2v) is 4.80. The van der Waals surface area contributed by atoms with Crippen LogP contribution in [0.4, 0.5) is 0 Å². The molecule has 2 aromatic carbocycles. The Hall–Kier alpha value is -1.45. The Morgan fingerprint density at radius 1 is 1.06 bits per heavy atom. The van der Waals surface area contributed by atoms with Crippen LogP contribution in [0.3, 0.4) is 0 Å². The number of hydrogen-bond donors (Lipinski definition) is 1. The molecule has 0 fully saturated rings. The van der Waals surface area contributed by atoms with Crippen molar-refractivity contribution in [2.45, 2.75) is 11.3 Å². The predicted molar refractivity (Wildman–Crippen MR) is 77.5 cm³/mol. The highest BCUT2D eigenvalue weighted by molar-refractivity contribution is 7.98. The zero-order valence-corrected chi connectivity index (χ0v) is 11.2. The molecular weight excluding hydrogens is 242 g/mol. The molecular formula is C15H17NOS. The number of para-hydroxylation sites is 1. The Labute approximate surface area is 112 Å². The number of nitrogens with two attached hydrogens (primary N) is 1. The van der Waals surface area contributed by atoms with Crippen molar-refractivity contribution in [3.05, 3.63) is 54.1 Å². The standard InChI is InChI=1S/C15H17NOS/c1-18-14-8-6-13(7-9-14)17-15-5-3-2-4-12(15)10-11-16/h2-9H,10-11,16H2,1H3. The molecule has 0 aliphatic carbocycles. The van der Waals surface area contributed by atoms with Gasteiger partial charge in [-0.1, -0.05) is 18.2 Å². The number of benzene rings is 2. The van der Waals surface area contributed by atoms with Gasteiger partial charge in [0.1, 0.15) is 11.5 Å². The minimum absolute atomic E-state index is 0.631. The van der Waals surface area contributed by atoms with Crippen LogP contribution < -0.4 is 10.5 Å². The van der Waals surface area contributed by atoms with Crippen LogP contribution in [-0.4, -0.2) is 12.8 Å². The van der Waals surface area contributed by atoms with Gasteiger partial charge in [0.15, 0.2) is 0 Å². The van der Waals surface area contributed by atoms with Gasteiger partial charge in [0.2, 0.25) is 0 Å². The van der Waals surface area contributed by atoms with Crippen molar-refractivity contribution in [1.82, 2.24) is 0 Å². The highest BCUT2D eigenvalue weighted by Crippen LogP contribution is 2.27.